The maximum absolute atomic E-state index is 11.6. The Kier molecular flexibility index (Phi) is 2.94. The highest BCUT2D eigenvalue weighted by atomic mass is 16.5. The van der Waals surface area contributed by atoms with Gasteiger partial charge >= 0.3 is 5.97 Å². The summed E-state index contributed by atoms with van der Waals surface area (Å²) in [6, 6.07) is 0. The predicted molar refractivity (Wildman–Crippen MR) is 64.9 cm³/mol. The van der Waals surface area contributed by atoms with Crippen LogP contribution < -0.4 is 0 Å². The van der Waals surface area contributed by atoms with E-state index >= 15 is 0 Å². The van der Waals surface area contributed by atoms with Crippen molar-refractivity contribution in [3.05, 3.63) is 24.4 Å². The molecule has 1 saturated carbocycles. The third-order valence-corrected chi connectivity index (χ3v) is 3.03. The van der Waals surface area contributed by atoms with Crippen molar-refractivity contribution in [1.82, 2.24) is 25.1 Å². The summed E-state index contributed by atoms with van der Waals surface area (Å²) in [4.78, 5) is 24.0. The normalized spacial score (nSPS) is 21.1. The highest BCUT2D eigenvalue weighted by Crippen LogP contribution is 2.46. The van der Waals surface area contributed by atoms with Gasteiger partial charge in [0.05, 0.1) is 18.7 Å². The second kappa shape index (κ2) is 4.75. The Balaban J connectivity index is 1.72. The number of ether oxygens (including phenoxy) is 1. The molecular formula is C12H13N5O2. The predicted octanol–water partition coefficient (Wildman–Crippen LogP) is 0.928. The third kappa shape index (κ3) is 2.31. The lowest BCUT2D eigenvalue weighted by molar-refractivity contribution is -0.144. The zero-order valence-electron chi connectivity index (χ0n) is 10.4. The molecule has 0 spiro atoms. The summed E-state index contributed by atoms with van der Waals surface area (Å²) in [5.74, 6) is 1.03. The quantitative estimate of drug-likeness (QED) is 0.821. The number of hydrogen-bond acceptors (Lipinski definition) is 6. The molecule has 2 aromatic rings. The Bertz CT molecular complexity index is 583. The van der Waals surface area contributed by atoms with Gasteiger partial charge in [0.2, 0.25) is 5.82 Å². The van der Waals surface area contributed by atoms with Crippen LogP contribution in [0.4, 0.5) is 0 Å². The van der Waals surface area contributed by atoms with Crippen LogP contribution in [0.5, 0.6) is 0 Å². The zero-order chi connectivity index (χ0) is 13.2. The maximum Gasteiger partial charge on any atom is 0.309 e. The van der Waals surface area contributed by atoms with E-state index in [1.165, 1.54) is 0 Å². The Morgan fingerprint density at radius 2 is 2.42 bits per heavy atom. The lowest BCUT2D eigenvalue weighted by Gasteiger charge is -1.98. The number of H-pyrrole nitrogens is 1. The molecular weight excluding hydrogens is 246 g/mol. The molecule has 0 saturated heterocycles. The van der Waals surface area contributed by atoms with Crippen molar-refractivity contribution in [2.24, 2.45) is 5.92 Å². The Hall–Kier alpha value is -2.31. The number of carbonyl (C=O) groups excluding carboxylic acids is 1. The fraction of sp³-hybridized carbons (Fsp3) is 0.417. The van der Waals surface area contributed by atoms with E-state index in [0.717, 1.165) is 6.42 Å². The molecule has 2 heterocycles. The molecule has 1 aliphatic rings. The van der Waals surface area contributed by atoms with Crippen LogP contribution in [-0.4, -0.2) is 37.7 Å². The van der Waals surface area contributed by atoms with Crippen molar-refractivity contribution in [1.29, 1.82) is 0 Å². The van der Waals surface area contributed by atoms with Crippen molar-refractivity contribution in [2.45, 2.75) is 19.3 Å². The van der Waals surface area contributed by atoms with Crippen LogP contribution in [0.15, 0.2) is 18.6 Å². The molecule has 0 amide bonds. The van der Waals surface area contributed by atoms with Crippen LogP contribution in [-0.2, 0) is 9.53 Å². The summed E-state index contributed by atoms with van der Waals surface area (Å²) >= 11 is 0. The van der Waals surface area contributed by atoms with Gasteiger partial charge in [-0.1, -0.05) is 0 Å². The maximum atomic E-state index is 11.6. The van der Waals surface area contributed by atoms with Gasteiger partial charge in [0.15, 0.2) is 0 Å². The van der Waals surface area contributed by atoms with Gasteiger partial charge in [-0.15, -0.1) is 0 Å². The molecule has 0 aliphatic heterocycles. The Morgan fingerprint density at radius 1 is 1.53 bits per heavy atom. The molecule has 7 heteroatoms. The second-order valence-electron chi connectivity index (χ2n) is 4.34. The number of aromatic nitrogens is 5. The summed E-state index contributed by atoms with van der Waals surface area (Å²) < 4.78 is 4.99. The Morgan fingerprint density at radius 3 is 3.16 bits per heavy atom. The summed E-state index contributed by atoms with van der Waals surface area (Å²) in [6.45, 7) is 2.21. The van der Waals surface area contributed by atoms with Gasteiger partial charge in [-0.25, -0.2) is 9.97 Å². The minimum atomic E-state index is -0.162. The minimum Gasteiger partial charge on any atom is -0.466 e. The molecule has 2 atom stereocenters. The van der Waals surface area contributed by atoms with E-state index in [1.807, 2.05) is 0 Å². The molecule has 1 N–H and O–H groups in total. The molecule has 0 radical (unpaired) electrons. The van der Waals surface area contributed by atoms with Crippen molar-refractivity contribution < 1.29 is 9.53 Å². The van der Waals surface area contributed by atoms with E-state index in [0.29, 0.717) is 23.9 Å². The van der Waals surface area contributed by atoms with Crippen molar-refractivity contribution in [3.8, 4) is 11.5 Å². The standard InChI is InChI=1S/C12H13N5O2/c1-2-19-12(18)8-5-7(8)10-15-11(17-16-10)9-6-13-3-4-14-9/h3-4,6-8H,2,5H2,1H3,(H,15,16,17)/t7-,8-/m1/s1. The van der Waals surface area contributed by atoms with Crippen molar-refractivity contribution in [2.75, 3.05) is 6.61 Å². The molecule has 0 bridgehead atoms. The molecule has 0 unspecified atom stereocenters. The van der Waals surface area contributed by atoms with E-state index in [-0.39, 0.29) is 17.8 Å². The number of nitrogens with one attached hydrogen (secondary N) is 1. The van der Waals surface area contributed by atoms with Crippen LogP contribution in [0.1, 0.15) is 25.1 Å². The molecule has 98 valence electrons. The highest BCUT2D eigenvalue weighted by Gasteiger charge is 2.47. The summed E-state index contributed by atoms with van der Waals surface area (Å²) in [7, 11) is 0. The number of rotatable bonds is 4. The first kappa shape index (κ1) is 11.8. The van der Waals surface area contributed by atoms with Gasteiger partial charge in [0.1, 0.15) is 11.5 Å². The number of hydrogen-bond donors (Lipinski definition) is 1. The fourth-order valence-electron chi connectivity index (χ4n) is 1.98. The van der Waals surface area contributed by atoms with Gasteiger partial charge in [-0.05, 0) is 13.3 Å². The average Bonchev–Trinajstić information content (AvgIpc) is 3.10. The zero-order valence-corrected chi connectivity index (χ0v) is 10.4. The van der Waals surface area contributed by atoms with Gasteiger partial charge in [-0.3, -0.25) is 14.9 Å². The largest absolute Gasteiger partial charge is 0.466 e. The van der Waals surface area contributed by atoms with E-state index in [2.05, 4.69) is 25.1 Å². The van der Waals surface area contributed by atoms with Crippen LogP contribution in [0.3, 0.4) is 0 Å². The smallest absolute Gasteiger partial charge is 0.309 e. The first-order chi connectivity index (χ1) is 9.29. The summed E-state index contributed by atoms with van der Waals surface area (Å²) in [5, 5.41) is 6.95. The van der Waals surface area contributed by atoms with Gasteiger partial charge < -0.3 is 4.74 Å². The first-order valence-corrected chi connectivity index (χ1v) is 6.15. The summed E-state index contributed by atoms with van der Waals surface area (Å²) in [6.07, 6.45) is 5.54. The second-order valence-corrected chi connectivity index (χ2v) is 4.34. The number of nitrogens with zero attached hydrogens (tertiary/aromatic N) is 4. The number of aromatic amines is 1. The monoisotopic (exact) mass is 259 g/mol. The van der Waals surface area contributed by atoms with Crippen LogP contribution in [0.2, 0.25) is 0 Å². The molecule has 3 rings (SSSR count). The molecule has 1 aliphatic carbocycles. The van der Waals surface area contributed by atoms with E-state index in [4.69, 9.17) is 4.74 Å². The Labute approximate surface area is 109 Å². The van der Waals surface area contributed by atoms with Crippen LogP contribution >= 0.6 is 0 Å². The fourth-order valence-corrected chi connectivity index (χ4v) is 1.98. The van der Waals surface area contributed by atoms with Gasteiger partial charge in [0.25, 0.3) is 0 Å². The third-order valence-electron chi connectivity index (χ3n) is 3.03. The lowest BCUT2D eigenvalue weighted by atomic mass is 10.3. The number of carbonyl (C=O) groups is 1. The van der Waals surface area contributed by atoms with Crippen LogP contribution in [0.25, 0.3) is 11.5 Å². The first-order valence-electron chi connectivity index (χ1n) is 6.15. The van der Waals surface area contributed by atoms with E-state index < -0.39 is 0 Å². The van der Waals surface area contributed by atoms with Crippen molar-refractivity contribution in [3.63, 3.8) is 0 Å². The molecule has 1 fully saturated rings. The highest BCUT2D eigenvalue weighted by molar-refractivity contribution is 5.77. The summed E-state index contributed by atoms with van der Waals surface area (Å²) in [5.41, 5.74) is 0.610. The molecule has 7 nitrogen and oxygen atoms in total. The molecule has 2 aromatic heterocycles. The SMILES string of the molecule is CCOC(=O)[C@@H]1C[C@H]1c1nc(-c2cnccn2)n[nH]1. The topological polar surface area (TPSA) is 93.7 Å². The van der Waals surface area contributed by atoms with E-state index in [1.54, 1.807) is 25.5 Å². The van der Waals surface area contributed by atoms with Crippen molar-refractivity contribution >= 4 is 5.97 Å². The van der Waals surface area contributed by atoms with Crippen LogP contribution in [0, 0.1) is 5.92 Å². The van der Waals surface area contributed by atoms with E-state index in [9.17, 15) is 4.79 Å². The average molecular weight is 259 g/mol. The molecule has 0 aromatic carbocycles. The van der Waals surface area contributed by atoms with Gasteiger partial charge in [0, 0.05) is 18.3 Å². The minimum absolute atomic E-state index is 0.0805. The number of esters is 1. The molecule has 19 heavy (non-hydrogen) atoms. The van der Waals surface area contributed by atoms with Gasteiger partial charge in [-0.2, -0.15) is 5.10 Å². The lowest BCUT2D eigenvalue weighted by Crippen LogP contribution is -2.07.